The average molecular weight is 578 g/mol. The summed E-state index contributed by atoms with van der Waals surface area (Å²) in [5.41, 5.74) is 2.46. The highest BCUT2D eigenvalue weighted by atomic mass is 16.5. The molecule has 0 radical (unpaired) electrons. The van der Waals surface area contributed by atoms with Crippen molar-refractivity contribution in [3.05, 3.63) is 36.2 Å². The summed E-state index contributed by atoms with van der Waals surface area (Å²) in [5.74, 6) is 6.02. The Morgan fingerprint density at radius 1 is 0.952 bits per heavy atom. The molecule has 0 aliphatic heterocycles. The minimum atomic E-state index is -0.0131. The summed E-state index contributed by atoms with van der Waals surface area (Å²) in [7, 11) is 0. The smallest absolute Gasteiger partial charge is 0.306 e. The first-order valence-corrected chi connectivity index (χ1v) is 17.6. The molecular formula is C38H59NO3. The van der Waals surface area contributed by atoms with Gasteiger partial charge in [0.05, 0.1) is 6.61 Å². The van der Waals surface area contributed by atoms with E-state index in [1.54, 1.807) is 18.0 Å². The van der Waals surface area contributed by atoms with Crippen LogP contribution in [0.2, 0.25) is 0 Å². The normalized spacial score (nSPS) is 34.6. The van der Waals surface area contributed by atoms with Crippen LogP contribution in [0.15, 0.2) is 36.2 Å². The van der Waals surface area contributed by atoms with Gasteiger partial charge in [-0.2, -0.15) is 0 Å². The summed E-state index contributed by atoms with van der Waals surface area (Å²) in [6.07, 6.45) is 23.9. The maximum atomic E-state index is 12.7. The molecule has 0 bridgehead atoms. The van der Waals surface area contributed by atoms with Gasteiger partial charge in [-0.05, 0) is 123 Å². The molecule has 4 nitrogen and oxygen atoms in total. The second-order valence-corrected chi connectivity index (χ2v) is 15.5. The molecule has 0 aromatic carbocycles. The number of unbranched alkanes of at least 4 members (excludes halogenated alkanes) is 2. The molecule has 4 aliphatic carbocycles. The number of allylic oxidation sites excluding steroid dienone is 1. The van der Waals surface area contributed by atoms with Crippen molar-refractivity contribution in [2.45, 2.75) is 137 Å². The van der Waals surface area contributed by atoms with Crippen LogP contribution in [-0.4, -0.2) is 23.7 Å². The summed E-state index contributed by atoms with van der Waals surface area (Å²) >= 11 is 0. The van der Waals surface area contributed by atoms with Crippen LogP contribution in [0.3, 0.4) is 0 Å². The number of esters is 1. The summed E-state index contributed by atoms with van der Waals surface area (Å²) in [4.78, 5) is 16.7. The van der Waals surface area contributed by atoms with Gasteiger partial charge >= 0.3 is 5.97 Å². The molecule has 5 rings (SSSR count). The predicted molar refractivity (Wildman–Crippen MR) is 171 cm³/mol. The number of ether oxygens (including phenoxy) is 2. The van der Waals surface area contributed by atoms with Crippen LogP contribution in [0.5, 0.6) is 5.75 Å². The lowest BCUT2D eigenvalue weighted by atomic mass is 9.47. The number of nitrogens with zero attached hydrogens (tertiary/aromatic N) is 1. The first-order valence-electron chi connectivity index (χ1n) is 17.6. The second-order valence-electron chi connectivity index (χ2n) is 15.5. The average Bonchev–Trinajstić information content (AvgIpc) is 3.33. The van der Waals surface area contributed by atoms with Gasteiger partial charge in [0.15, 0.2) is 0 Å². The van der Waals surface area contributed by atoms with E-state index in [-0.39, 0.29) is 12.1 Å². The second kappa shape index (κ2) is 13.9. The third-order valence-corrected chi connectivity index (χ3v) is 12.5. The molecule has 1 heterocycles. The Kier molecular flexibility index (Phi) is 10.4. The molecule has 4 aliphatic rings. The highest BCUT2D eigenvalue weighted by Crippen LogP contribution is 2.67. The van der Waals surface area contributed by atoms with E-state index >= 15 is 0 Å². The maximum absolute atomic E-state index is 12.7. The minimum Gasteiger partial charge on any atom is -0.493 e. The Labute approximate surface area is 256 Å². The van der Waals surface area contributed by atoms with Crippen LogP contribution in [0.1, 0.15) is 131 Å². The third kappa shape index (κ3) is 6.94. The zero-order chi connectivity index (χ0) is 29.7. The molecule has 1 unspecified atom stereocenters. The molecule has 0 saturated heterocycles. The van der Waals surface area contributed by atoms with Gasteiger partial charge in [0, 0.05) is 25.2 Å². The molecular weight excluding hydrogens is 518 g/mol. The Balaban J connectivity index is 1.08. The fourth-order valence-corrected chi connectivity index (χ4v) is 10.2. The van der Waals surface area contributed by atoms with Crippen LogP contribution in [-0.2, 0) is 9.53 Å². The Morgan fingerprint density at radius 3 is 2.55 bits per heavy atom. The van der Waals surface area contributed by atoms with Crippen LogP contribution in [0, 0.1) is 46.3 Å². The minimum absolute atomic E-state index is 0.0131. The number of hydrogen-bond donors (Lipinski definition) is 0. The first kappa shape index (κ1) is 31.6. The molecule has 0 spiro atoms. The van der Waals surface area contributed by atoms with Crippen molar-refractivity contribution >= 4 is 5.97 Å². The molecule has 0 amide bonds. The molecule has 234 valence electrons. The number of fused-ring (bicyclic) bond motifs is 5. The van der Waals surface area contributed by atoms with Crippen molar-refractivity contribution in [2.24, 2.45) is 46.3 Å². The van der Waals surface area contributed by atoms with Crippen LogP contribution in [0.25, 0.3) is 0 Å². The van der Waals surface area contributed by atoms with Crippen LogP contribution < -0.4 is 4.74 Å². The quantitative estimate of drug-likeness (QED) is 0.133. The highest BCUT2D eigenvalue weighted by molar-refractivity contribution is 5.69. The van der Waals surface area contributed by atoms with Crippen molar-refractivity contribution in [3.8, 4) is 5.75 Å². The number of carbonyl (C=O) groups excluding carboxylic acids is 1. The van der Waals surface area contributed by atoms with E-state index in [0.29, 0.717) is 23.9 Å². The fourth-order valence-electron chi connectivity index (χ4n) is 10.2. The van der Waals surface area contributed by atoms with Gasteiger partial charge in [0.1, 0.15) is 11.9 Å². The first-order chi connectivity index (χ1) is 20.2. The van der Waals surface area contributed by atoms with Crippen molar-refractivity contribution in [1.29, 1.82) is 0 Å². The van der Waals surface area contributed by atoms with Gasteiger partial charge in [-0.15, -0.1) is 0 Å². The summed E-state index contributed by atoms with van der Waals surface area (Å²) in [6, 6.07) is 3.75. The molecule has 42 heavy (non-hydrogen) atoms. The van der Waals surface area contributed by atoms with Gasteiger partial charge in [0.2, 0.25) is 0 Å². The predicted octanol–water partition coefficient (Wildman–Crippen LogP) is 9.97. The van der Waals surface area contributed by atoms with Gasteiger partial charge < -0.3 is 9.47 Å². The van der Waals surface area contributed by atoms with Crippen molar-refractivity contribution in [1.82, 2.24) is 4.98 Å². The lowest BCUT2D eigenvalue weighted by Crippen LogP contribution is -2.51. The van der Waals surface area contributed by atoms with Crippen LogP contribution in [0.4, 0.5) is 0 Å². The Morgan fingerprint density at radius 2 is 1.76 bits per heavy atom. The SMILES string of the molecule is CC(C)CCC[C@@H](C)[C@H]1CC[C@H]2[C@@H]3CC=C4CC(OC(=O)CCCCCOc5ccncc5)CC[C@]4(C)[C@H]3CC[C@]12C. The topological polar surface area (TPSA) is 48.4 Å². The summed E-state index contributed by atoms with van der Waals surface area (Å²) < 4.78 is 11.8. The molecule has 0 N–H and O–H groups in total. The van der Waals surface area contributed by atoms with E-state index in [0.717, 1.165) is 73.4 Å². The number of aromatic nitrogens is 1. The van der Waals surface area contributed by atoms with Gasteiger partial charge in [-0.25, -0.2) is 0 Å². The van der Waals surface area contributed by atoms with E-state index < -0.39 is 0 Å². The van der Waals surface area contributed by atoms with E-state index in [9.17, 15) is 4.79 Å². The van der Waals surface area contributed by atoms with Gasteiger partial charge in [-0.1, -0.05) is 65.5 Å². The van der Waals surface area contributed by atoms with E-state index in [4.69, 9.17) is 9.47 Å². The fraction of sp³-hybridized carbons (Fsp3) is 0.789. The Bertz CT molecular complexity index is 1050. The number of pyridine rings is 1. The van der Waals surface area contributed by atoms with E-state index in [1.807, 2.05) is 12.1 Å². The van der Waals surface area contributed by atoms with E-state index in [2.05, 4.69) is 45.7 Å². The molecule has 1 aromatic rings. The molecule has 1 aromatic heterocycles. The van der Waals surface area contributed by atoms with Crippen molar-refractivity contribution in [3.63, 3.8) is 0 Å². The summed E-state index contributed by atoms with van der Waals surface area (Å²) in [6.45, 7) is 13.3. The zero-order valence-corrected chi connectivity index (χ0v) is 27.4. The maximum Gasteiger partial charge on any atom is 0.306 e. The summed E-state index contributed by atoms with van der Waals surface area (Å²) in [5, 5.41) is 0. The molecule has 8 atom stereocenters. The molecule has 3 saturated carbocycles. The van der Waals surface area contributed by atoms with E-state index in [1.165, 1.54) is 57.8 Å². The lowest BCUT2D eigenvalue weighted by molar-refractivity contribution is -0.151. The number of carbonyl (C=O) groups is 1. The standard InChI is InChI=1S/C38H59NO3/c1-27(2)10-9-11-28(3)33-15-16-34-32-14-13-29-26-31(17-21-37(29,4)35(32)18-22-38(33,34)5)42-36(40)12-7-6-8-25-41-30-19-23-39-24-20-30/h13,19-20,23-24,27-28,31-35H,6-12,14-18,21-22,25-26H2,1-5H3/t28-,31?,32+,33-,34+,35+,37+,38-/m1/s1. The number of rotatable bonds is 13. The van der Waals surface area contributed by atoms with Gasteiger partial charge in [-0.3, -0.25) is 9.78 Å². The van der Waals surface area contributed by atoms with Crippen molar-refractivity contribution < 1.29 is 14.3 Å². The highest BCUT2D eigenvalue weighted by Gasteiger charge is 2.59. The molecule has 4 heteroatoms. The number of hydrogen-bond acceptors (Lipinski definition) is 4. The third-order valence-electron chi connectivity index (χ3n) is 12.5. The lowest BCUT2D eigenvalue weighted by Gasteiger charge is -2.58. The zero-order valence-electron chi connectivity index (χ0n) is 27.4. The van der Waals surface area contributed by atoms with Crippen LogP contribution >= 0.6 is 0 Å². The molecule has 3 fully saturated rings. The largest absolute Gasteiger partial charge is 0.493 e. The monoisotopic (exact) mass is 577 g/mol. The Hall–Kier alpha value is -1.84. The van der Waals surface area contributed by atoms with Gasteiger partial charge in [0.25, 0.3) is 0 Å². The van der Waals surface area contributed by atoms with Crippen molar-refractivity contribution in [2.75, 3.05) is 6.61 Å².